The number of amides is 2. The minimum absolute atomic E-state index is 0.0941. The predicted octanol–water partition coefficient (Wildman–Crippen LogP) is 2.70. The molecule has 10 heteroatoms. The van der Waals surface area contributed by atoms with E-state index in [0.29, 0.717) is 17.6 Å². The minimum atomic E-state index is -1.68. The highest BCUT2D eigenvalue weighted by atomic mass is 32.2. The van der Waals surface area contributed by atoms with Crippen LogP contribution in [0.25, 0.3) is 0 Å². The van der Waals surface area contributed by atoms with Crippen molar-refractivity contribution in [3.63, 3.8) is 0 Å². The Hall–Kier alpha value is -2.49. The van der Waals surface area contributed by atoms with E-state index >= 15 is 0 Å². The Morgan fingerprint density at radius 3 is 2.54 bits per heavy atom. The van der Waals surface area contributed by atoms with Gasteiger partial charge in [-0.2, -0.15) is 0 Å². The summed E-state index contributed by atoms with van der Waals surface area (Å²) in [5.41, 5.74) is 1.16. The summed E-state index contributed by atoms with van der Waals surface area (Å²) >= 11 is 1.31. The van der Waals surface area contributed by atoms with E-state index in [0.717, 1.165) is 17.3 Å². The monoisotopic (exact) mass is 387 g/mol. The fourth-order valence-electron chi connectivity index (χ4n) is 2.00. The lowest BCUT2D eigenvalue weighted by atomic mass is 10.2. The molecule has 0 saturated heterocycles. The third-order valence-corrected chi connectivity index (χ3v) is 4.38. The van der Waals surface area contributed by atoms with E-state index in [1.54, 1.807) is 13.8 Å². The third kappa shape index (κ3) is 5.01. The zero-order valence-electron chi connectivity index (χ0n) is 14.0. The van der Waals surface area contributed by atoms with Crippen LogP contribution in [0, 0.1) is 31.3 Å². The van der Waals surface area contributed by atoms with Gasteiger partial charge >= 0.3 is 0 Å². The summed E-state index contributed by atoms with van der Waals surface area (Å²) in [5.74, 6) is -4.39. The van der Waals surface area contributed by atoms with Gasteiger partial charge in [-0.3, -0.25) is 9.59 Å². The van der Waals surface area contributed by atoms with E-state index in [2.05, 4.69) is 15.8 Å². The van der Waals surface area contributed by atoms with Gasteiger partial charge in [0, 0.05) is 11.3 Å². The first kappa shape index (κ1) is 19.8. The second-order valence-electron chi connectivity index (χ2n) is 5.34. The molecule has 0 atom stereocenters. The summed E-state index contributed by atoms with van der Waals surface area (Å²) in [7, 11) is 0. The first-order valence-electron chi connectivity index (χ1n) is 7.49. The van der Waals surface area contributed by atoms with Gasteiger partial charge in [0.05, 0.1) is 23.7 Å². The molecule has 0 fully saturated rings. The van der Waals surface area contributed by atoms with Gasteiger partial charge in [0.25, 0.3) is 0 Å². The molecule has 1 heterocycles. The van der Waals surface area contributed by atoms with Gasteiger partial charge in [-0.15, -0.1) is 11.8 Å². The van der Waals surface area contributed by atoms with Crippen LogP contribution in [0.5, 0.6) is 0 Å². The van der Waals surface area contributed by atoms with Crippen LogP contribution in [0.3, 0.4) is 0 Å². The van der Waals surface area contributed by atoms with Crippen molar-refractivity contribution >= 4 is 29.3 Å². The molecule has 2 amide bonds. The van der Waals surface area contributed by atoms with Gasteiger partial charge in [-0.1, -0.05) is 5.16 Å². The number of carbonyl (C=O) groups excluding carboxylic acids is 2. The van der Waals surface area contributed by atoms with E-state index in [1.807, 2.05) is 0 Å². The maximum absolute atomic E-state index is 13.5. The van der Waals surface area contributed by atoms with Crippen LogP contribution < -0.4 is 10.6 Å². The number of aromatic nitrogens is 1. The Balaban J connectivity index is 1.75. The van der Waals surface area contributed by atoms with Crippen LogP contribution in [-0.4, -0.2) is 29.3 Å². The molecule has 0 unspecified atom stereocenters. The number of benzene rings is 1. The second kappa shape index (κ2) is 8.75. The quantitative estimate of drug-likeness (QED) is 0.714. The molecular formula is C16H16F3N3O3S. The maximum atomic E-state index is 13.5. The molecule has 2 aromatic rings. The molecule has 0 aliphatic carbocycles. The van der Waals surface area contributed by atoms with Gasteiger partial charge in [0.15, 0.2) is 17.5 Å². The van der Waals surface area contributed by atoms with E-state index in [1.165, 1.54) is 11.8 Å². The standard InChI is InChI=1S/C16H16F3N3O3S/c1-8-10(9(2)25-22-8)6-26-7-14(24)20-5-13(23)21-12-4-3-11(17)15(18)16(12)19/h3-4H,5-7H2,1-2H3,(H,20,24)(H,21,23). The average Bonchev–Trinajstić information content (AvgIpc) is 2.92. The Morgan fingerprint density at radius 2 is 1.88 bits per heavy atom. The minimum Gasteiger partial charge on any atom is -0.361 e. The van der Waals surface area contributed by atoms with Gasteiger partial charge < -0.3 is 15.2 Å². The molecule has 0 aliphatic heterocycles. The lowest BCUT2D eigenvalue weighted by Gasteiger charge is -2.08. The van der Waals surface area contributed by atoms with Crippen LogP contribution in [0.2, 0.25) is 0 Å². The molecule has 140 valence electrons. The molecular weight excluding hydrogens is 371 g/mol. The third-order valence-electron chi connectivity index (χ3n) is 3.42. The smallest absolute Gasteiger partial charge is 0.243 e. The van der Waals surface area contributed by atoms with Crippen molar-refractivity contribution in [3.8, 4) is 0 Å². The molecule has 0 spiro atoms. The lowest BCUT2D eigenvalue weighted by molar-refractivity contribution is -0.122. The fraction of sp³-hybridized carbons (Fsp3) is 0.312. The number of aryl methyl sites for hydroxylation is 2. The van der Waals surface area contributed by atoms with Crippen molar-refractivity contribution in [1.29, 1.82) is 0 Å². The summed E-state index contributed by atoms with van der Waals surface area (Å²) in [5, 5.41) is 8.23. The topological polar surface area (TPSA) is 84.2 Å². The van der Waals surface area contributed by atoms with E-state index in [4.69, 9.17) is 4.52 Å². The summed E-state index contributed by atoms with van der Waals surface area (Å²) < 4.78 is 44.4. The number of nitrogens with one attached hydrogen (secondary N) is 2. The zero-order valence-corrected chi connectivity index (χ0v) is 14.8. The number of rotatable bonds is 7. The van der Waals surface area contributed by atoms with Gasteiger partial charge in [-0.25, -0.2) is 13.2 Å². The van der Waals surface area contributed by atoms with Crippen molar-refractivity contribution in [2.75, 3.05) is 17.6 Å². The number of anilines is 1. The lowest BCUT2D eigenvalue weighted by Crippen LogP contribution is -2.34. The number of hydrogen-bond acceptors (Lipinski definition) is 5. The van der Waals surface area contributed by atoms with Crippen LogP contribution in [0.1, 0.15) is 17.0 Å². The molecule has 0 aliphatic rings. The molecule has 1 aromatic heterocycles. The predicted molar refractivity (Wildman–Crippen MR) is 90.1 cm³/mol. The highest BCUT2D eigenvalue weighted by molar-refractivity contribution is 7.99. The van der Waals surface area contributed by atoms with E-state index in [9.17, 15) is 22.8 Å². The normalized spacial score (nSPS) is 10.7. The van der Waals surface area contributed by atoms with E-state index in [-0.39, 0.29) is 5.75 Å². The highest BCUT2D eigenvalue weighted by Gasteiger charge is 2.16. The molecule has 2 N–H and O–H groups in total. The van der Waals surface area contributed by atoms with Crippen molar-refractivity contribution in [3.05, 3.63) is 46.6 Å². The van der Waals surface area contributed by atoms with Gasteiger partial charge in [0.1, 0.15) is 5.76 Å². The van der Waals surface area contributed by atoms with Crippen molar-refractivity contribution in [1.82, 2.24) is 10.5 Å². The molecule has 0 radical (unpaired) electrons. The molecule has 0 saturated carbocycles. The summed E-state index contributed by atoms with van der Waals surface area (Å²) in [4.78, 5) is 23.4. The van der Waals surface area contributed by atoms with Crippen molar-refractivity contribution in [2.24, 2.45) is 0 Å². The highest BCUT2D eigenvalue weighted by Crippen LogP contribution is 2.20. The van der Waals surface area contributed by atoms with Gasteiger partial charge in [0.2, 0.25) is 11.8 Å². The molecule has 26 heavy (non-hydrogen) atoms. The molecule has 6 nitrogen and oxygen atoms in total. The Bertz CT molecular complexity index is 807. The number of hydrogen-bond donors (Lipinski definition) is 2. The molecule has 2 rings (SSSR count). The van der Waals surface area contributed by atoms with Gasteiger partial charge in [-0.05, 0) is 26.0 Å². The number of nitrogens with zero attached hydrogens (tertiary/aromatic N) is 1. The Labute approximate surface area is 151 Å². The average molecular weight is 387 g/mol. The van der Waals surface area contributed by atoms with Crippen molar-refractivity contribution in [2.45, 2.75) is 19.6 Å². The van der Waals surface area contributed by atoms with Crippen LogP contribution in [0.15, 0.2) is 16.7 Å². The zero-order chi connectivity index (χ0) is 19.3. The first-order valence-corrected chi connectivity index (χ1v) is 8.64. The first-order chi connectivity index (χ1) is 12.3. The summed E-state index contributed by atoms with van der Waals surface area (Å²) in [6.45, 7) is 3.15. The number of thioether (sulfide) groups is 1. The maximum Gasteiger partial charge on any atom is 0.243 e. The second-order valence-corrected chi connectivity index (χ2v) is 6.33. The van der Waals surface area contributed by atoms with Crippen molar-refractivity contribution < 1.29 is 27.3 Å². The van der Waals surface area contributed by atoms with Crippen LogP contribution >= 0.6 is 11.8 Å². The molecule has 1 aromatic carbocycles. The number of halogens is 3. The largest absolute Gasteiger partial charge is 0.361 e. The van der Waals surface area contributed by atoms with Crippen LogP contribution in [-0.2, 0) is 15.3 Å². The number of carbonyl (C=O) groups is 2. The van der Waals surface area contributed by atoms with E-state index < -0.39 is 41.5 Å². The fourth-order valence-corrected chi connectivity index (χ4v) is 3.01. The molecule has 0 bridgehead atoms. The SMILES string of the molecule is Cc1noc(C)c1CSCC(=O)NCC(=O)Nc1ccc(F)c(F)c1F. The summed E-state index contributed by atoms with van der Waals surface area (Å²) in [6, 6.07) is 1.59. The van der Waals surface area contributed by atoms with Crippen LogP contribution in [0.4, 0.5) is 18.9 Å². The summed E-state index contributed by atoms with van der Waals surface area (Å²) in [6.07, 6.45) is 0. The Morgan fingerprint density at radius 1 is 1.15 bits per heavy atom. The Kier molecular flexibility index (Phi) is 6.67.